The highest BCUT2D eigenvalue weighted by Crippen LogP contribution is 2.35. The van der Waals surface area contributed by atoms with Crippen molar-refractivity contribution in [2.75, 3.05) is 6.61 Å². The monoisotopic (exact) mass is 440 g/mol. The fourth-order valence-corrected chi connectivity index (χ4v) is 3.88. The Labute approximate surface area is 177 Å². The van der Waals surface area contributed by atoms with Crippen molar-refractivity contribution in [1.82, 2.24) is 0 Å². The van der Waals surface area contributed by atoms with Crippen LogP contribution in [0, 0.1) is 0 Å². The largest absolute Gasteiger partial charge is 0.469 e. The molecule has 0 heterocycles. The van der Waals surface area contributed by atoms with Gasteiger partial charge in [-0.3, -0.25) is 4.52 Å². The molecule has 0 aliphatic carbocycles. The molecule has 4 nitrogen and oxygen atoms in total. The van der Waals surface area contributed by atoms with Crippen molar-refractivity contribution in [3.8, 4) is 0 Å². The Morgan fingerprint density at radius 1 is 0.667 bits per heavy atom. The first-order chi connectivity index (χ1) is 12.9. The minimum absolute atomic E-state index is 0.162. The predicted molar refractivity (Wildman–Crippen MR) is 123 cm³/mol. The molecule has 7 heteroatoms. The maximum atomic E-state index is 10.5. The molecular formula is C20H41O4PS2. The van der Waals surface area contributed by atoms with E-state index in [1.807, 2.05) is 0 Å². The summed E-state index contributed by atoms with van der Waals surface area (Å²) in [5.74, 6) is 0. The topological polar surface area (TPSA) is 66.8 Å². The molecule has 0 aromatic carbocycles. The molecule has 0 rings (SSSR count). The number of thiocarbonyl (C=S) groups is 1. The second-order valence-electron chi connectivity index (χ2n) is 7.48. The number of thiol groups is 1. The Hall–Kier alpha value is 0.550. The van der Waals surface area contributed by atoms with Gasteiger partial charge in [-0.05, 0) is 19.3 Å². The Bertz CT molecular complexity index is 388. The molecule has 0 unspecified atom stereocenters. The summed E-state index contributed by atoms with van der Waals surface area (Å²) < 4.78 is 15.8. The van der Waals surface area contributed by atoms with E-state index in [-0.39, 0.29) is 6.61 Å². The average molecular weight is 441 g/mol. The van der Waals surface area contributed by atoms with Gasteiger partial charge < -0.3 is 9.79 Å². The number of phosphoric ester groups is 1. The molecule has 0 radical (unpaired) electrons. The molecule has 0 aromatic heterocycles. The number of phosphoric acid groups is 1. The molecule has 162 valence electrons. The van der Waals surface area contributed by atoms with Crippen LogP contribution >= 0.6 is 32.7 Å². The second-order valence-corrected chi connectivity index (χ2v) is 10.1. The number of hydrogen-bond acceptors (Lipinski definition) is 3. The van der Waals surface area contributed by atoms with Gasteiger partial charge in [-0.25, -0.2) is 4.57 Å². The van der Waals surface area contributed by atoms with Crippen LogP contribution in [0.1, 0.15) is 116 Å². The number of unbranched alkanes of at least 4 members (excludes halogenated alkanes) is 16. The van der Waals surface area contributed by atoms with Gasteiger partial charge in [-0.15, -0.1) is 12.6 Å². The third-order valence-electron chi connectivity index (χ3n) is 4.79. The summed E-state index contributed by atoms with van der Waals surface area (Å²) >= 11 is 9.11. The van der Waals surface area contributed by atoms with Gasteiger partial charge in [-0.2, -0.15) is 0 Å². The third kappa shape index (κ3) is 26.6. The van der Waals surface area contributed by atoms with Crippen LogP contribution in [-0.4, -0.2) is 20.6 Å². The smallest absolute Gasteiger partial charge is 0.303 e. The van der Waals surface area contributed by atoms with E-state index in [1.165, 1.54) is 89.9 Å². The summed E-state index contributed by atoms with van der Waals surface area (Å²) in [7, 11) is -4.27. The minimum atomic E-state index is -4.27. The fourth-order valence-electron chi connectivity index (χ4n) is 3.21. The Morgan fingerprint density at radius 3 is 1.26 bits per heavy atom. The van der Waals surface area contributed by atoms with Crippen LogP contribution < -0.4 is 0 Å². The van der Waals surface area contributed by atoms with E-state index >= 15 is 0 Å². The number of rotatable bonds is 21. The van der Waals surface area contributed by atoms with E-state index in [4.69, 9.17) is 22.0 Å². The molecule has 0 aliphatic rings. The van der Waals surface area contributed by atoms with Crippen LogP contribution in [0.3, 0.4) is 0 Å². The molecule has 2 N–H and O–H groups in total. The molecule has 0 spiro atoms. The van der Waals surface area contributed by atoms with Gasteiger partial charge in [0.2, 0.25) is 0 Å². The first-order valence-electron chi connectivity index (χ1n) is 10.8. The van der Waals surface area contributed by atoms with Gasteiger partial charge in [0.15, 0.2) is 0 Å². The van der Waals surface area contributed by atoms with Crippen molar-refractivity contribution in [1.29, 1.82) is 0 Å². The van der Waals surface area contributed by atoms with E-state index in [2.05, 4.69) is 17.2 Å². The van der Waals surface area contributed by atoms with Crippen molar-refractivity contribution >= 4 is 36.9 Å². The lowest BCUT2D eigenvalue weighted by Crippen LogP contribution is -1.92. The van der Waals surface area contributed by atoms with E-state index in [9.17, 15) is 4.57 Å². The fraction of sp³-hybridized carbons (Fsp3) is 0.950. The molecule has 0 amide bonds. The standard InChI is InChI=1S/C20H41O4PS2/c21-25(22,23)24-19-17-15-13-11-9-7-5-3-1-2-4-6-8-10-12-14-16-18-20(26)27/h1-19H2,(H,26,27)(H2,21,22,23). The van der Waals surface area contributed by atoms with Crippen molar-refractivity contribution in [3.63, 3.8) is 0 Å². The summed E-state index contributed by atoms with van der Waals surface area (Å²) in [4.78, 5) is 17.1. The highest BCUT2D eigenvalue weighted by atomic mass is 32.1. The number of hydrogen-bond donors (Lipinski definition) is 3. The Kier molecular flexibility index (Phi) is 20.3. The lowest BCUT2D eigenvalue weighted by Gasteiger charge is -2.05. The molecule has 0 fully saturated rings. The molecule has 0 saturated carbocycles. The zero-order valence-electron chi connectivity index (χ0n) is 16.9. The Morgan fingerprint density at radius 2 is 0.963 bits per heavy atom. The average Bonchev–Trinajstić information content (AvgIpc) is 2.58. The molecule has 27 heavy (non-hydrogen) atoms. The van der Waals surface area contributed by atoms with Gasteiger partial charge >= 0.3 is 7.82 Å². The van der Waals surface area contributed by atoms with Crippen LogP contribution in [0.15, 0.2) is 0 Å². The molecule has 0 atom stereocenters. The predicted octanol–water partition coefficient (Wildman–Crippen LogP) is 7.37. The van der Waals surface area contributed by atoms with Crippen LogP contribution in [-0.2, 0) is 9.09 Å². The quantitative estimate of drug-likeness (QED) is 0.0752. The highest BCUT2D eigenvalue weighted by Gasteiger charge is 2.12. The molecule has 0 saturated heterocycles. The molecular weight excluding hydrogens is 399 g/mol. The van der Waals surface area contributed by atoms with Gasteiger partial charge in [0.1, 0.15) is 0 Å². The molecule has 0 bridgehead atoms. The summed E-state index contributed by atoms with van der Waals surface area (Å²) in [5.41, 5.74) is 0. The minimum Gasteiger partial charge on any atom is -0.303 e. The Balaban J connectivity index is 3.05. The van der Waals surface area contributed by atoms with Crippen LogP contribution in [0.25, 0.3) is 0 Å². The molecule has 0 aliphatic heterocycles. The van der Waals surface area contributed by atoms with Crippen molar-refractivity contribution in [3.05, 3.63) is 0 Å². The van der Waals surface area contributed by atoms with Crippen LogP contribution in [0.4, 0.5) is 0 Å². The normalized spacial score (nSPS) is 11.8. The van der Waals surface area contributed by atoms with E-state index in [0.29, 0.717) is 0 Å². The molecule has 0 aromatic rings. The maximum absolute atomic E-state index is 10.5. The van der Waals surface area contributed by atoms with Crippen molar-refractivity contribution in [2.24, 2.45) is 0 Å². The lowest BCUT2D eigenvalue weighted by molar-refractivity contribution is 0.193. The highest BCUT2D eigenvalue weighted by molar-refractivity contribution is 8.11. The zero-order valence-corrected chi connectivity index (χ0v) is 19.6. The SMILES string of the molecule is O=P(O)(O)OCCCCCCCCCCCCCCCCCCCC(=S)S. The van der Waals surface area contributed by atoms with E-state index in [1.54, 1.807) is 0 Å². The van der Waals surface area contributed by atoms with Gasteiger partial charge in [0.05, 0.1) is 6.61 Å². The van der Waals surface area contributed by atoms with E-state index in [0.717, 1.165) is 29.9 Å². The van der Waals surface area contributed by atoms with Crippen molar-refractivity contribution < 1.29 is 18.9 Å². The van der Waals surface area contributed by atoms with Crippen LogP contribution in [0.2, 0.25) is 0 Å². The van der Waals surface area contributed by atoms with Crippen molar-refractivity contribution in [2.45, 2.75) is 116 Å². The maximum Gasteiger partial charge on any atom is 0.469 e. The summed E-state index contributed by atoms with van der Waals surface area (Å²) in [6, 6.07) is 0. The lowest BCUT2D eigenvalue weighted by atomic mass is 10.0. The van der Waals surface area contributed by atoms with Gasteiger partial charge in [0, 0.05) is 4.20 Å². The van der Waals surface area contributed by atoms with Gasteiger partial charge in [-0.1, -0.05) is 109 Å². The van der Waals surface area contributed by atoms with Gasteiger partial charge in [0.25, 0.3) is 0 Å². The summed E-state index contributed by atoms with van der Waals surface area (Å²) in [5, 5.41) is 0. The first-order valence-corrected chi connectivity index (χ1v) is 13.2. The van der Waals surface area contributed by atoms with E-state index < -0.39 is 7.82 Å². The summed E-state index contributed by atoms with van der Waals surface area (Å²) in [6.45, 7) is 0.162. The second kappa shape index (κ2) is 19.8. The van der Waals surface area contributed by atoms with Crippen LogP contribution in [0.5, 0.6) is 0 Å². The third-order valence-corrected chi connectivity index (χ3v) is 5.74. The summed E-state index contributed by atoms with van der Waals surface area (Å²) in [6.07, 6.45) is 22.5. The zero-order chi connectivity index (χ0) is 20.2. The first kappa shape index (κ1) is 27.5.